The van der Waals surface area contributed by atoms with Crippen LogP contribution >= 0.6 is 0 Å². The fourth-order valence-corrected chi connectivity index (χ4v) is 2.95. The van der Waals surface area contributed by atoms with Crippen molar-refractivity contribution >= 4 is 17.8 Å². The first kappa shape index (κ1) is 21.5. The molecule has 0 radical (unpaired) electrons. The van der Waals surface area contributed by atoms with Crippen molar-refractivity contribution in [1.82, 2.24) is 4.57 Å². The molecule has 3 rings (SSSR count). The molecule has 2 heterocycles. The van der Waals surface area contributed by atoms with E-state index in [0.29, 0.717) is 12.1 Å². The summed E-state index contributed by atoms with van der Waals surface area (Å²) in [6.45, 7) is 5.93. The molecule has 0 atom stereocenters. The maximum atomic E-state index is 11.2. The minimum Gasteiger partial charge on any atom is -0.478 e. The predicted molar refractivity (Wildman–Crippen MR) is 105 cm³/mol. The summed E-state index contributed by atoms with van der Waals surface area (Å²) in [7, 11) is 0. The monoisotopic (exact) mass is 398 g/mol. The molecule has 0 aliphatic carbocycles. The van der Waals surface area contributed by atoms with E-state index in [2.05, 4.69) is 0 Å². The minimum absolute atomic E-state index is 0.0277. The first-order valence-corrected chi connectivity index (χ1v) is 8.68. The molecule has 0 aliphatic heterocycles. The van der Waals surface area contributed by atoms with Gasteiger partial charge in [-0.25, -0.2) is 9.59 Å². The van der Waals surface area contributed by atoms with Gasteiger partial charge in [0.1, 0.15) is 5.76 Å². The number of carboxylic acids is 2. The summed E-state index contributed by atoms with van der Waals surface area (Å²) in [6.07, 6.45) is 1.64. The van der Waals surface area contributed by atoms with Crippen molar-refractivity contribution < 1.29 is 29.0 Å². The number of nitrogens with two attached hydrogens (primary N) is 1. The molecule has 2 aromatic heterocycles. The van der Waals surface area contributed by atoms with Crippen LogP contribution in [0.3, 0.4) is 0 Å². The van der Waals surface area contributed by atoms with Gasteiger partial charge < -0.3 is 24.9 Å². The van der Waals surface area contributed by atoms with Gasteiger partial charge in [-0.15, -0.1) is 0 Å². The number of primary amides is 1. The summed E-state index contributed by atoms with van der Waals surface area (Å²) in [6, 6.07) is 9.73. The number of hydrogen-bond acceptors (Lipinski definition) is 4. The summed E-state index contributed by atoms with van der Waals surface area (Å²) in [5.41, 5.74) is 8.08. The average Bonchev–Trinajstić information content (AvgIpc) is 3.25. The molecular weight excluding hydrogens is 376 g/mol. The van der Waals surface area contributed by atoms with Crippen LogP contribution in [0.4, 0.5) is 0 Å². The normalized spacial score (nSPS) is 10.2. The fraction of sp³-hybridized carbons (Fsp3) is 0.190. The topological polar surface area (TPSA) is 136 Å². The molecule has 1 amide bonds. The van der Waals surface area contributed by atoms with E-state index in [-0.39, 0.29) is 16.7 Å². The van der Waals surface area contributed by atoms with E-state index in [0.717, 1.165) is 17.1 Å². The lowest BCUT2D eigenvalue weighted by molar-refractivity contribution is 0.0695. The largest absolute Gasteiger partial charge is 0.478 e. The van der Waals surface area contributed by atoms with Gasteiger partial charge in [-0.2, -0.15) is 0 Å². The third-order valence-corrected chi connectivity index (χ3v) is 4.53. The molecule has 8 heteroatoms. The molecule has 1 aromatic carbocycles. The van der Waals surface area contributed by atoms with Gasteiger partial charge in [-0.3, -0.25) is 4.79 Å². The Kier molecular flexibility index (Phi) is 6.61. The highest BCUT2D eigenvalue weighted by Gasteiger charge is 2.14. The molecule has 0 aliphatic rings. The van der Waals surface area contributed by atoms with Crippen LogP contribution in [0.5, 0.6) is 0 Å². The number of carbonyl (C=O) groups excluding carboxylic acids is 1. The number of rotatable bonds is 5. The Bertz CT molecular complexity index is 1020. The zero-order valence-electron chi connectivity index (χ0n) is 16.3. The molecule has 8 nitrogen and oxygen atoms in total. The van der Waals surface area contributed by atoms with Crippen LogP contribution in [-0.4, -0.2) is 32.6 Å². The zero-order valence-corrected chi connectivity index (χ0v) is 16.3. The molecule has 29 heavy (non-hydrogen) atoms. The third-order valence-electron chi connectivity index (χ3n) is 4.53. The number of nitrogens with zero attached hydrogens (tertiary/aromatic N) is 1. The Balaban J connectivity index is 0.000000212. The molecule has 0 unspecified atom stereocenters. The van der Waals surface area contributed by atoms with E-state index in [1.165, 1.54) is 25.1 Å². The zero-order chi connectivity index (χ0) is 21.7. The fourth-order valence-electron chi connectivity index (χ4n) is 2.95. The highest BCUT2D eigenvalue weighted by molar-refractivity contribution is 5.96. The Labute approximate surface area is 167 Å². The van der Waals surface area contributed by atoms with Crippen LogP contribution in [-0.2, 0) is 6.54 Å². The van der Waals surface area contributed by atoms with E-state index >= 15 is 0 Å². The van der Waals surface area contributed by atoms with Crippen molar-refractivity contribution in [3.05, 3.63) is 82.1 Å². The van der Waals surface area contributed by atoms with Crippen molar-refractivity contribution in [3.8, 4) is 0 Å². The molecule has 152 valence electrons. The predicted octanol–water partition coefficient (Wildman–Crippen LogP) is 3.24. The lowest BCUT2D eigenvalue weighted by atomic mass is 10.0. The number of aromatic carboxylic acids is 2. The second-order valence-electron chi connectivity index (χ2n) is 6.40. The van der Waals surface area contributed by atoms with Crippen LogP contribution in [0.15, 0.2) is 47.1 Å². The van der Waals surface area contributed by atoms with Crippen LogP contribution in [0, 0.1) is 20.8 Å². The summed E-state index contributed by atoms with van der Waals surface area (Å²) >= 11 is 0. The quantitative estimate of drug-likeness (QED) is 0.604. The van der Waals surface area contributed by atoms with Gasteiger partial charge in [0.15, 0.2) is 0 Å². The van der Waals surface area contributed by atoms with Gasteiger partial charge in [-0.1, -0.05) is 6.07 Å². The van der Waals surface area contributed by atoms with Crippen molar-refractivity contribution in [2.45, 2.75) is 27.3 Å². The maximum Gasteiger partial charge on any atom is 0.335 e. The molecule has 0 saturated heterocycles. The Morgan fingerprint density at radius 1 is 0.966 bits per heavy atom. The SMILES string of the molecule is Cc1c(C(=O)O)cccc1C(=O)O.Cc1cc(C(N)=O)c(C)n1Cc1ccco1. The number of carbonyl (C=O) groups is 3. The molecule has 0 saturated carbocycles. The van der Waals surface area contributed by atoms with Crippen LogP contribution in [0.2, 0.25) is 0 Å². The standard InChI is InChI=1S/C12H14N2O2.C9H8O4/c1-8-6-11(12(13)15)9(2)14(8)7-10-4-3-5-16-10;1-5-6(8(10)11)3-2-4-7(5)9(12)13/h3-6H,7H2,1-2H3,(H2,13,15);2-4H,1H3,(H,10,11)(H,12,13). The van der Waals surface area contributed by atoms with Gasteiger partial charge in [0.05, 0.1) is 29.5 Å². The summed E-state index contributed by atoms with van der Waals surface area (Å²) in [5, 5.41) is 17.4. The van der Waals surface area contributed by atoms with Crippen molar-refractivity contribution in [2.75, 3.05) is 0 Å². The number of carboxylic acid groups (broad SMARTS) is 2. The van der Waals surface area contributed by atoms with E-state index in [9.17, 15) is 14.4 Å². The van der Waals surface area contributed by atoms with Crippen LogP contribution < -0.4 is 5.73 Å². The Morgan fingerprint density at radius 3 is 1.97 bits per heavy atom. The number of benzene rings is 1. The molecule has 0 spiro atoms. The van der Waals surface area contributed by atoms with Gasteiger partial charge in [0, 0.05) is 11.4 Å². The number of amides is 1. The maximum absolute atomic E-state index is 11.2. The van der Waals surface area contributed by atoms with Crippen molar-refractivity contribution in [3.63, 3.8) is 0 Å². The lowest BCUT2D eigenvalue weighted by Gasteiger charge is -2.07. The van der Waals surface area contributed by atoms with Crippen molar-refractivity contribution in [1.29, 1.82) is 0 Å². The number of aromatic nitrogens is 1. The first-order chi connectivity index (χ1) is 13.6. The number of aryl methyl sites for hydroxylation is 1. The number of furan rings is 1. The molecule has 3 aromatic rings. The van der Waals surface area contributed by atoms with Gasteiger partial charge >= 0.3 is 11.9 Å². The van der Waals surface area contributed by atoms with E-state index in [1.54, 1.807) is 12.3 Å². The second-order valence-corrected chi connectivity index (χ2v) is 6.40. The number of hydrogen-bond donors (Lipinski definition) is 3. The molecule has 4 N–H and O–H groups in total. The Morgan fingerprint density at radius 2 is 1.55 bits per heavy atom. The van der Waals surface area contributed by atoms with Gasteiger partial charge in [-0.05, 0) is 56.7 Å². The first-order valence-electron chi connectivity index (χ1n) is 8.68. The molecule has 0 bridgehead atoms. The second kappa shape index (κ2) is 8.92. The highest BCUT2D eigenvalue weighted by atomic mass is 16.4. The summed E-state index contributed by atoms with van der Waals surface area (Å²) < 4.78 is 7.29. The summed E-state index contributed by atoms with van der Waals surface area (Å²) in [4.78, 5) is 32.4. The average molecular weight is 398 g/mol. The Hall–Kier alpha value is -3.81. The van der Waals surface area contributed by atoms with E-state index in [1.807, 2.05) is 30.5 Å². The molecular formula is C21H22N2O6. The minimum atomic E-state index is -1.11. The summed E-state index contributed by atoms with van der Waals surface area (Å²) in [5.74, 6) is -1.75. The van der Waals surface area contributed by atoms with Crippen LogP contribution in [0.25, 0.3) is 0 Å². The smallest absolute Gasteiger partial charge is 0.335 e. The van der Waals surface area contributed by atoms with E-state index in [4.69, 9.17) is 20.4 Å². The lowest BCUT2D eigenvalue weighted by Crippen LogP contribution is -2.12. The third kappa shape index (κ3) is 4.92. The van der Waals surface area contributed by atoms with Crippen molar-refractivity contribution in [2.24, 2.45) is 5.73 Å². The van der Waals surface area contributed by atoms with Crippen LogP contribution in [0.1, 0.15) is 53.8 Å². The van der Waals surface area contributed by atoms with Gasteiger partial charge in [0.2, 0.25) is 0 Å². The van der Waals surface area contributed by atoms with Gasteiger partial charge in [0.25, 0.3) is 5.91 Å². The highest BCUT2D eigenvalue weighted by Crippen LogP contribution is 2.17. The van der Waals surface area contributed by atoms with E-state index < -0.39 is 17.8 Å². The molecule has 0 fully saturated rings.